The van der Waals surface area contributed by atoms with E-state index in [9.17, 15) is 0 Å². The van der Waals surface area contributed by atoms with E-state index in [0.29, 0.717) is 0 Å². The summed E-state index contributed by atoms with van der Waals surface area (Å²) in [5.74, 6) is 0. The molecule has 0 fully saturated rings. The molecule has 1 aliphatic carbocycles. The van der Waals surface area contributed by atoms with Crippen LogP contribution in [0.3, 0.4) is 0 Å². The molecular weight excluding hydrogens is 278 g/mol. The van der Waals surface area contributed by atoms with Crippen LogP contribution in [0.2, 0.25) is 0 Å². The summed E-state index contributed by atoms with van der Waals surface area (Å²) in [6.07, 6.45) is 5.65. The van der Waals surface area contributed by atoms with Crippen molar-refractivity contribution in [3.05, 3.63) is 81.9 Å². The lowest BCUT2D eigenvalue weighted by Gasteiger charge is -2.16. The average Bonchev–Trinajstić information content (AvgIpc) is 2.93. The van der Waals surface area contributed by atoms with Crippen LogP contribution in [0.1, 0.15) is 41.2 Å². The Morgan fingerprint density at radius 2 is 1.65 bits per heavy atom. The summed E-state index contributed by atoms with van der Waals surface area (Å²) in [5.41, 5.74) is 10.8. The van der Waals surface area contributed by atoms with Gasteiger partial charge in [0.05, 0.1) is 0 Å². The first-order valence-corrected chi connectivity index (χ1v) is 8.32. The molecule has 0 aliphatic heterocycles. The van der Waals surface area contributed by atoms with E-state index >= 15 is 0 Å². The second kappa shape index (κ2) is 6.45. The Balaban J connectivity index is 1.84. The second-order valence-corrected chi connectivity index (χ2v) is 6.61. The summed E-state index contributed by atoms with van der Waals surface area (Å²) in [7, 11) is 0. The van der Waals surface area contributed by atoms with E-state index in [4.69, 9.17) is 0 Å². The zero-order valence-corrected chi connectivity index (χ0v) is 14.5. The van der Waals surface area contributed by atoms with Crippen LogP contribution in [-0.2, 0) is 6.54 Å². The summed E-state index contributed by atoms with van der Waals surface area (Å²) < 4.78 is 0. The lowest BCUT2D eigenvalue weighted by molar-refractivity contribution is 1.11. The predicted molar refractivity (Wildman–Crippen MR) is 101 cm³/mol. The maximum absolute atomic E-state index is 3.66. The minimum atomic E-state index is 0.858. The van der Waals surface area contributed by atoms with Crippen LogP contribution >= 0.6 is 0 Å². The maximum Gasteiger partial charge on any atom is 0.0407 e. The van der Waals surface area contributed by atoms with Crippen molar-refractivity contribution in [2.75, 3.05) is 5.32 Å². The molecular formula is C22H25N. The lowest BCUT2D eigenvalue weighted by atomic mass is 9.98. The van der Waals surface area contributed by atoms with Gasteiger partial charge in [0.2, 0.25) is 0 Å². The fourth-order valence-electron chi connectivity index (χ4n) is 3.48. The summed E-state index contributed by atoms with van der Waals surface area (Å²) in [4.78, 5) is 0. The van der Waals surface area contributed by atoms with Crippen LogP contribution in [0.5, 0.6) is 0 Å². The molecule has 0 spiro atoms. The number of benzene rings is 2. The topological polar surface area (TPSA) is 12.0 Å². The fraction of sp³-hybridized carbons (Fsp3) is 0.273. The van der Waals surface area contributed by atoms with E-state index in [1.54, 1.807) is 0 Å². The van der Waals surface area contributed by atoms with E-state index in [1.807, 2.05) is 0 Å². The summed E-state index contributed by atoms with van der Waals surface area (Å²) >= 11 is 0. The number of hydrogen-bond donors (Lipinski definition) is 1. The van der Waals surface area contributed by atoms with Gasteiger partial charge in [-0.15, -0.1) is 0 Å². The van der Waals surface area contributed by atoms with Gasteiger partial charge in [-0.2, -0.15) is 0 Å². The third kappa shape index (κ3) is 3.39. The highest BCUT2D eigenvalue weighted by atomic mass is 14.9. The van der Waals surface area contributed by atoms with Gasteiger partial charge in [-0.3, -0.25) is 0 Å². The lowest BCUT2D eigenvalue weighted by Crippen LogP contribution is -2.05. The Kier molecular flexibility index (Phi) is 4.38. The van der Waals surface area contributed by atoms with Crippen molar-refractivity contribution in [2.45, 2.75) is 40.7 Å². The number of aryl methyl sites for hydroxylation is 3. The SMILES string of the molecule is CC1=CCC(c2ccccc2CNc2c(C)cc(C)cc2C)=C1. The first kappa shape index (κ1) is 15.6. The van der Waals surface area contributed by atoms with Crippen LogP contribution < -0.4 is 5.32 Å². The van der Waals surface area contributed by atoms with Crippen LogP contribution in [0.15, 0.2) is 54.1 Å². The summed E-state index contributed by atoms with van der Waals surface area (Å²) in [6.45, 7) is 9.55. The molecule has 1 aliphatic rings. The zero-order valence-electron chi connectivity index (χ0n) is 14.5. The monoisotopic (exact) mass is 303 g/mol. The molecule has 0 bridgehead atoms. The van der Waals surface area contributed by atoms with Crippen molar-refractivity contribution < 1.29 is 0 Å². The van der Waals surface area contributed by atoms with Crippen molar-refractivity contribution in [2.24, 2.45) is 0 Å². The number of rotatable bonds is 4. The number of hydrogen-bond acceptors (Lipinski definition) is 1. The highest BCUT2D eigenvalue weighted by Crippen LogP contribution is 2.30. The van der Waals surface area contributed by atoms with Gasteiger partial charge in [0.25, 0.3) is 0 Å². The maximum atomic E-state index is 3.66. The van der Waals surface area contributed by atoms with Crippen LogP contribution in [0, 0.1) is 20.8 Å². The molecule has 1 N–H and O–H groups in total. The summed E-state index contributed by atoms with van der Waals surface area (Å²) in [6, 6.07) is 13.2. The van der Waals surface area contributed by atoms with E-state index in [2.05, 4.69) is 81.6 Å². The van der Waals surface area contributed by atoms with E-state index in [1.165, 1.54) is 44.7 Å². The Morgan fingerprint density at radius 1 is 0.957 bits per heavy atom. The highest BCUT2D eigenvalue weighted by Gasteiger charge is 2.11. The van der Waals surface area contributed by atoms with Gasteiger partial charge in [-0.25, -0.2) is 0 Å². The standard InChI is InChI=1S/C22H25N/c1-15-9-10-19(13-15)21-8-6-5-7-20(21)14-23-22-17(3)11-16(2)12-18(22)4/h5-9,11-13,23H,10,14H2,1-4H3. The van der Waals surface area contributed by atoms with Gasteiger partial charge >= 0.3 is 0 Å². The molecule has 0 saturated heterocycles. The molecule has 0 heterocycles. The number of anilines is 1. The van der Waals surface area contributed by atoms with E-state index < -0.39 is 0 Å². The largest absolute Gasteiger partial charge is 0.381 e. The Hall–Kier alpha value is -2.28. The average molecular weight is 303 g/mol. The molecule has 3 rings (SSSR count). The van der Waals surface area contributed by atoms with Crippen molar-refractivity contribution in [1.82, 2.24) is 0 Å². The predicted octanol–water partition coefficient (Wildman–Crippen LogP) is 5.96. The van der Waals surface area contributed by atoms with Crippen molar-refractivity contribution in [3.8, 4) is 0 Å². The van der Waals surface area contributed by atoms with E-state index in [0.717, 1.165) is 13.0 Å². The normalized spacial score (nSPS) is 13.7. The second-order valence-electron chi connectivity index (χ2n) is 6.61. The third-order valence-electron chi connectivity index (χ3n) is 4.54. The number of allylic oxidation sites excluding steroid dienone is 4. The minimum Gasteiger partial charge on any atom is -0.381 e. The molecule has 118 valence electrons. The molecule has 1 heteroatoms. The van der Waals surface area contributed by atoms with Gasteiger partial charge in [0, 0.05) is 12.2 Å². The zero-order chi connectivity index (χ0) is 16.4. The first-order valence-electron chi connectivity index (χ1n) is 8.32. The molecule has 2 aromatic rings. The molecule has 0 unspecified atom stereocenters. The highest BCUT2D eigenvalue weighted by molar-refractivity contribution is 5.74. The van der Waals surface area contributed by atoms with Gasteiger partial charge in [-0.1, -0.05) is 59.7 Å². The quantitative estimate of drug-likeness (QED) is 0.735. The van der Waals surface area contributed by atoms with Crippen LogP contribution in [0.4, 0.5) is 5.69 Å². The third-order valence-corrected chi connectivity index (χ3v) is 4.54. The smallest absolute Gasteiger partial charge is 0.0407 e. The first-order chi connectivity index (χ1) is 11.0. The molecule has 0 radical (unpaired) electrons. The Bertz CT molecular complexity index is 770. The van der Waals surface area contributed by atoms with Gasteiger partial charge in [0.15, 0.2) is 0 Å². The van der Waals surface area contributed by atoms with Gasteiger partial charge < -0.3 is 5.32 Å². The van der Waals surface area contributed by atoms with Crippen molar-refractivity contribution in [3.63, 3.8) is 0 Å². The number of nitrogens with one attached hydrogen (secondary N) is 1. The Labute approximate surface area is 139 Å². The Morgan fingerprint density at radius 3 is 2.30 bits per heavy atom. The van der Waals surface area contributed by atoms with Gasteiger partial charge in [0.1, 0.15) is 0 Å². The molecule has 0 atom stereocenters. The molecule has 0 aromatic heterocycles. The molecule has 1 nitrogen and oxygen atoms in total. The molecule has 0 amide bonds. The van der Waals surface area contributed by atoms with Crippen LogP contribution in [-0.4, -0.2) is 0 Å². The molecule has 0 saturated carbocycles. The van der Waals surface area contributed by atoms with Crippen LogP contribution in [0.25, 0.3) is 5.57 Å². The minimum absolute atomic E-state index is 0.858. The van der Waals surface area contributed by atoms with Crippen molar-refractivity contribution >= 4 is 11.3 Å². The molecule has 2 aromatic carbocycles. The fourth-order valence-corrected chi connectivity index (χ4v) is 3.48. The molecule has 23 heavy (non-hydrogen) atoms. The van der Waals surface area contributed by atoms with Gasteiger partial charge in [-0.05, 0) is 61.9 Å². The summed E-state index contributed by atoms with van der Waals surface area (Å²) in [5, 5.41) is 3.66. The van der Waals surface area contributed by atoms with E-state index in [-0.39, 0.29) is 0 Å². The van der Waals surface area contributed by atoms with Crippen molar-refractivity contribution in [1.29, 1.82) is 0 Å².